The van der Waals surface area contributed by atoms with Crippen molar-refractivity contribution in [3.8, 4) is 0 Å². The van der Waals surface area contributed by atoms with Crippen molar-refractivity contribution in [1.82, 2.24) is 0 Å². The SMILES string of the molecule is C=CC(=O)Nc1cccc(NC/C(=C\N=C(Cl)N=C)C(F)(F)F)c1. The maximum absolute atomic E-state index is 12.9. The molecule has 0 radical (unpaired) electrons. The van der Waals surface area contributed by atoms with Gasteiger partial charge in [-0.3, -0.25) is 4.79 Å². The number of nitrogens with one attached hydrogen (secondary N) is 2. The highest BCUT2D eigenvalue weighted by Gasteiger charge is 2.33. The number of hydrogen-bond donors (Lipinski definition) is 2. The van der Waals surface area contributed by atoms with Crippen molar-refractivity contribution in [2.75, 3.05) is 17.2 Å². The molecule has 5 nitrogen and oxygen atoms in total. The van der Waals surface area contributed by atoms with Crippen LogP contribution in [0.4, 0.5) is 24.5 Å². The number of nitrogens with zero attached hydrogens (tertiary/aromatic N) is 2. The maximum Gasteiger partial charge on any atom is 0.415 e. The summed E-state index contributed by atoms with van der Waals surface area (Å²) in [4.78, 5) is 17.8. The van der Waals surface area contributed by atoms with E-state index < -0.39 is 29.5 Å². The summed E-state index contributed by atoms with van der Waals surface area (Å²) >= 11 is 5.40. The molecule has 128 valence electrons. The normalized spacial score (nSPS) is 12.5. The fraction of sp³-hybridized carbons (Fsp3) is 0.133. The lowest BCUT2D eigenvalue weighted by Crippen LogP contribution is -2.19. The number of benzene rings is 1. The van der Waals surface area contributed by atoms with Gasteiger partial charge in [-0.2, -0.15) is 13.2 Å². The fourth-order valence-corrected chi connectivity index (χ4v) is 1.54. The number of carbonyl (C=O) groups is 1. The van der Waals surface area contributed by atoms with Crippen LogP contribution >= 0.6 is 11.6 Å². The van der Waals surface area contributed by atoms with Crippen LogP contribution < -0.4 is 10.6 Å². The Morgan fingerprint density at radius 2 is 2.00 bits per heavy atom. The fourth-order valence-electron chi connectivity index (χ4n) is 1.49. The summed E-state index contributed by atoms with van der Waals surface area (Å²) in [7, 11) is 0. The second-order valence-corrected chi connectivity index (χ2v) is 4.67. The Hall–Kier alpha value is -2.61. The Morgan fingerprint density at radius 3 is 2.58 bits per heavy atom. The van der Waals surface area contributed by atoms with Gasteiger partial charge >= 0.3 is 6.18 Å². The standard InChI is InChI=1S/C15H14ClF3N4O/c1-3-13(24)23-12-6-4-5-11(7-12)21-8-10(15(17,18)19)9-22-14(16)20-2/h3-7,9,21H,1-2,8H2,(H,23,24)/b10-9+,22-14?. The molecule has 0 spiro atoms. The highest BCUT2D eigenvalue weighted by atomic mass is 35.5. The lowest BCUT2D eigenvalue weighted by Gasteiger charge is -2.13. The van der Waals surface area contributed by atoms with E-state index in [0.29, 0.717) is 17.6 Å². The molecule has 1 aromatic rings. The first-order chi connectivity index (χ1) is 11.3. The third-order valence-electron chi connectivity index (χ3n) is 2.62. The van der Waals surface area contributed by atoms with Gasteiger partial charge in [0.05, 0.1) is 5.57 Å². The molecule has 0 aliphatic rings. The van der Waals surface area contributed by atoms with Crippen molar-refractivity contribution in [3.05, 3.63) is 48.7 Å². The summed E-state index contributed by atoms with van der Waals surface area (Å²) in [6, 6.07) is 6.21. The summed E-state index contributed by atoms with van der Waals surface area (Å²) in [6.07, 6.45) is -2.93. The summed E-state index contributed by atoms with van der Waals surface area (Å²) < 4.78 is 38.8. The van der Waals surface area contributed by atoms with Crippen LogP contribution in [0.5, 0.6) is 0 Å². The number of anilines is 2. The molecule has 0 atom stereocenters. The van der Waals surface area contributed by atoms with Gasteiger partial charge in [0.25, 0.3) is 0 Å². The Kier molecular flexibility index (Phi) is 7.19. The Morgan fingerprint density at radius 1 is 1.33 bits per heavy atom. The number of rotatable bonds is 6. The molecule has 0 fully saturated rings. The van der Waals surface area contributed by atoms with Crippen LogP contribution in [0, 0.1) is 0 Å². The minimum absolute atomic E-state index is 0.379. The quantitative estimate of drug-likeness (QED) is 0.350. The van der Waals surface area contributed by atoms with Crippen molar-refractivity contribution >= 4 is 40.9 Å². The molecular formula is C15H14ClF3N4O. The molecular weight excluding hydrogens is 345 g/mol. The molecule has 0 unspecified atom stereocenters. The van der Waals surface area contributed by atoms with E-state index >= 15 is 0 Å². The lowest BCUT2D eigenvalue weighted by atomic mass is 10.2. The van der Waals surface area contributed by atoms with Crippen LogP contribution in [0.15, 0.2) is 58.7 Å². The molecule has 1 aromatic carbocycles. The smallest absolute Gasteiger partial charge is 0.381 e. The number of amidine groups is 1. The summed E-state index contributed by atoms with van der Waals surface area (Å²) in [5.74, 6) is -0.427. The van der Waals surface area contributed by atoms with Crippen LogP contribution in [0.1, 0.15) is 0 Å². The molecule has 1 amide bonds. The van der Waals surface area contributed by atoms with E-state index in [1.165, 1.54) is 6.07 Å². The molecule has 0 aliphatic heterocycles. The van der Waals surface area contributed by atoms with Gasteiger partial charge in [-0.15, -0.1) is 0 Å². The highest BCUT2D eigenvalue weighted by Crippen LogP contribution is 2.26. The molecule has 24 heavy (non-hydrogen) atoms. The second-order valence-electron chi connectivity index (χ2n) is 4.34. The predicted octanol–water partition coefficient (Wildman–Crippen LogP) is 3.96. The van der Waals surface area contributed by atoms with Crippen LogP contribution in [0.2, 0.25) is 0 Å². The minimum atomic E-state index is -4.59. The molecule has 0 aliphatic carbocycles. The average Bonchev–Trinajstić information content (AvgIpc) is 2.53. The molecule has 9 heteroatoms. The molecule has 0 aromatic heterocycles. The van der Waals surface area contributed by atoms with E-state index in [1.807, 2.05) is 0 Å². The summed E-state index contributed by atoms with van der Waals surface area (Å²) in [5, 5.41) is 4.71. The van der Waals surface area contributed by atoms with Gasteiger partial charge in [0.15, 0.2) is 0 Å². The zero-order valence-electron chi connectivity index (χ0n) is 12.4. The Bertz CT molecular complexity index is 684. The van der Waals surface area contributed by atoms with Crippen LogP contribution in [0.25, 0.3) is 0 Å². The number of amides is 1. The third kappa shape index (κ3) is 6.66. The van der Waals surface area contributed by atoms with Gasteiger partial charge in [0.2, 0.25) is 11.2 Å². The first kappa shape index (κ1) is 19.4. The Labute approximate surface area is 141 Å². The zero-order valence-corrected chi connectivity index (χ0v) is 13.2. The van der Waals surface area contributed by atoms with E-state index in [1.54, 1.807) is 18.2 Å². The van der Waals surface area contributed by atoms with E-state index in [9.17, 15) is 18.0 Å². The molecule has 0 saturated carbocycles. The third-order valence-corrected chi connectivity index (χ3v) is 2.84. The molecule has 2 N–H and O–H groups in total. The first-order valence-electron chi connectivity index (χ1n) is 6.50. The molecule has 1 rings (SSSR count). The number of hydrogen-bond acceptors (Lipinski definition) is 3. The average molecular weight is 359 g/mol. The first-order valence-corrected chi connectivity index (χ1v) is 6.87. The number of carbonyl (C=O) groups excluding carboxylic acids is 1. The topological polar surface area (TPSA) is 65.8 Å². The highest BCUT2D eigenvalue weighted by molar-refractivity contribution is 6.65. The minimum Gasteiger partial charge on any atom is -0.381 e. The van der Waals surface area contributed by atoms with Gasteiger partial charge in [0, 0.05) is 24.1 Å². The van der Waals surface area contributed by atoms with Crippen molar-refractivity contribution in [2.24, 2.45) is 9.98 Å². The Balaban J connectivity index is 2.87. The molecule has 0 heterocycles. The van der Waals surface area contributed by atoms with Gasteiger partial charge in [0.1, 0.15) is 0 Å². The van der Waals surface area contributed by atoms with E-state index in [-0.39, 0.29) is 0 Å². The molecule has 0 saturated heterocycles. The summed E-state index contributed by atoms with van der Waals surface area (Å²) in [5.41, 5.74) is -0.159. The lowest BCUT2D eigenvalue weighted by molar-refractivity contribution is -0.111. The van der Waals surface area contributed by atoms with Gasteiger partial charge in [-0.05, 0) is 42.6 Å². The second kappa shape index (κ2) is 8.88. The summed E-state index contributed by atoms with van der Waals surface area (Å²) in [6.45, 7) is 5.82. The van der Waals surface area contributed by atoms with Crippen molar-refractivity contribution in [1.29, 1.82) is 0 Å². The zero-order chi connectivity index (χ0) is 18.2. The van der Waals surface area contributed by atoms with Crippen LogP contribution in [-0.4, -0.2) is 30.6 Å². The van der Waals surface area contributed by atoms with Crippen molar-refractivity contribution in [2.45, 2.75) is 6.18 Å². The van der Waals surface area contributed by atoms with E-state index in [2.05, 4.69) is 33.9 Å². The van der Waals surface area contributed by atoms with Gasteiger partial charge in [-0.1, -0.05) is 12.6 Å². The van der Waals surface area contributed by atoms with Gasteiger partial charge in [-0.25, -0.2) is 9.98 Å². The van der Waals surface area contributed by atoms with Crippen molar-refractivity contribution in [3.63, 3.8) is 0 Å². The van der Waals surface area contributed by atoms with E-state index in [4.69, 9.17) is 11.6 Å². The maximum atomic E-state index is 12.9. The van der Waals surface area contributed by atoms with Crippen LogP contribution in [0.3, 0.4) is 0 Å². The monoisotopic (exact) mass is 358 g/mol. The van der Waals surface area contributed by atoms with Gasteiger partial charge < -0.3 is 10.6 Å². The predicted molar refractivity (Wildman–Crippen MR) is 90.7 cm³/mol. The van der Waals surface area contributed by atoms with Crippen LogP contribution in [-0.2, 0) is 4.79 Å². The molecule has 0 bridgehead atoms. The number of halogens is 4. The number of alkyl halides is 3. The number of aliphatic imine (C=N–C) groups is 2. The van der Waals surface area contributed by atoms with Crippen molar-refractivity contribution < 1.29 is 18.0 Å². The largest absolute Gasteiger partial charge is 0.415 e. The van der Waals surface area contributed by atoms with E-state index in [0.717, 1.165) is 6.08 Å².